The Kier molecular flexibility index (Phi) is 6.07. The Bertz CT molecular complexity index is 1060. The Balaban J connectivity index is 1.99. The van der Waals surface area contributed by atoms with Crippen molar-refractivity contribution in [3.63, 3.8) is 0 Å². The van der Waals surface area contributed by atoms with Crippen molar-refractivity contribution in [1.29, 1.82) is 0 Å². The average Bonchev–Trinajstić information content (AvgIpc) is 3.18. The van der Waals surface area contributed by atoms with Crippen LogP contribution in [0.25, 0.3) is 11.5 Å². The quantitative estimate of drug-likeness (QED) is 0.328. The van der Waals surface area contributed by atoms with Gasteiger partial charge in [-0.1, -0.05) is 18.2 Å². The third kappa shape index (κ3) is 4.51. The van der Waals surface area contributed by atoms with E-state index in [0.717, 1.165) is 5.56 Å². The number of hydrogen-bond acceptors (Lipinski definition) is 8. The second-order valence-electron chi connectivity index (χ2n) is 5.82. The molecule has 0 radical (unpaired) electrons. The highest BCUT2D eigenvalue weighted by Gasteiger charge is 2.34. The molecule has 0 bridgehead atoms. The molecule has 0 saturated carbocycles. The van der Waals surface area contributed by atoms with Crippen LogP contribution in [0.5, 0.6) is 0 Å². The molecule has 1 N–H and O–H groups in total. The number of hydrogen-bond donors (Lipinski definition) is 1. The van der Waals surface area contributed by atoms with Crippen LogP contribution in [-0.4, -0.2) is 24.1 Å². The topological polar surface area (TPSA) is 117 Å². The minimum Gasteiger partial charge on any atom is -0.420 e. The summed E-state index contributed by atoms with van der Waals surface area (Å²) in [5, 5.41) is 14.0. The average molecular weight is 421 g/mol. The largest absolute Gasteiger partial charge is 0.420 e. The minimum atomic E-state index is -3.79. The third-order valence-electron chi connectivity index (χ3n) is 4.02. The molecule has 0 fully saturated rings. The lowest BCUT2D eigenvalue weighted by Crippen LogP contribution is -2.14. The maximum Gasteiger partial charge on any atom is 0.384 e. The first kappa shape index (κ1) is 20.7. The van der Waals surface area contributed by atoms with E-state index in [1.54, 1.807) is 18.2 Å². The number of non-ortho nitro benzene ring substituents is 1. The van der Waals surface area contributed by atoms with Crippen molar-refractivity contribution in [2.75, 3.05) is 19.5 Å². The highest BCUT2D eigenvalue weighted by molar-refractivity contribution is 7.62. The van der Waals surface area contributed by atoms with Crippen molar-refractivity contribution in [3.05, 3.63) is 70.0 Å². The van der Waals surface area contributed by atoms with Crippen molar-refractivity contribution in [1.82, 2.24) is 4.98 Å². The number of nitro groups is 1. The number of nitrogens with one attached hydrogen (secondary N) is 1. The van der Waals surface area contributed by atoms with Gasteiger partial charge in [-0.3, -0.25) is 14.7 Å². The van der Waals surface area contributed by atoms with Crippen LogP contribution in [-0.2, 0) is 20.2 Å². The lowest BCUT2D eigenvalue weighted by molar-refractivity contribution is -0.384. The van der Waals surface area contributed by atoms with E-state index in [1.165, 1.54) is 44.6 Å². The first-order valence-corrected chi connectivity index (χ1v) is 9.86. The molecule has 152 valence electrons. The normalized spacial score (nSPS) is 11.4. The molecular formula is C18H17FN3O6P. The SMILES string of the molecule is COP(=O)(OC)c1nc(-c2cccc([N+](=O)[O-])c2)oc1NCc1ccc(F)cc1. The highest BCUT2D eigenvalue weighted by Crippen LogP contribution is 2.47. The van der Waals surface area contributed by atoms with Crippen LogP contribution in [0.3, 0.4) is 0 Å². The van der Waals surface area contributed by atoms with Crippen LogP contribution < -0.4 is 10.8 Å². The summed E-state index contributed by atoms with van der Waals surface area (Å²) < 4.78 is 41.7. The van der Waals surface area contributed by atoms with Crippen molar-refractivity contribution in [2.24, 2.45) is 0 Å². The Morgan fingerprint density at radius 1 is 1.21 bits per heavy atom. The van der Waals surface area contributed by atoms with E-state index in [0.29, 0.717) is 5.56 Å². The van der Waals surface area contributed by atoms with Gasteiger partial charge < -0.3 is 18.8 Å². The molecule has 0 aliphatic heterocycles. The van der Waals surface area contributed by atoms with E-state index < -0.39 is 12.5 Å². The number of nitro benzene ring substituents is 1. The van der Waals surface area contributed by atoms with Gasteiger partial charge in [0.2, 0.25) is 17.2 Å². The van der Waals surface area contributed by atoms with Gasteiger partial charge in [0.1, 0.15) is 5.82 Å². The summed E-state index contributed by atoms with van der Waals surface area (Å²) in [6, 6.07) is 11.4. The number of anilines is 1. The predicted octanol–water partition coefficient (Wildman–Crippen LogP) is 4.11. The van der Waals surface area contributed by atoms with Crippen molar-refractivity contribution < 1.29 is 27.3 Å². The van der Waals surface area contributed by atoms with Gasteiger partial charge >= 0.3 is 7.60 Å². The number of benzene rings is 2. The molecule has 1 aromatic heterocycles. The molecule has 0 spiro atoms. The molecule has 0 aliphatic carbocycles. The number of aromatic nitrogens is 1. The summed E-state index contributed by atoms with van der Waals surface area (Å²) in [4.78, 5) is 14.7. The first-order chi connectivity index (χ1) is 13.9. The number of nitrogens with zero attached hydrogens (tertiary/aromatic N) is 2. The summed E-state index contributed by atoms with van der Waals surface area (Å²) >= 11 is 0. The molecule has 11 heteroatoms. The summed E-state index contributed by atoms with van der Waals surface area (Å²) in [5.74, 6) is -0.354. The van der Waals surface area contributed by atoms with Crippen molar-refractivity contribution in [3.8, 4) is 11.5 Å². The minimum absolute atomic E-state index is 0.000342. The van der Waals surface area contributed by atoms with E-state index >= 15 is 0 Å². The van der Waals surface area contributed by atoms with Crippen LogP contribution >= 0.6 is 7.60 Å². The molecule has 1 heterocycles. The monoisotopic (exact) mass is 421 g/mol. The molecule has 0 amide bonds. The van der Waals surface area contributed by atoms with Gasteiger partial charge in [0, 0.05) is 38.5 Å². The number of rotatable bonds is 8. The van der Waals surface area contributed by atoms with Crippen LogP contribution in [0.4, 0.5) is 16.0 Å². The first-order valence-electron chi connectivity index (χ1n) is 8.32. The lowest BCUT2D eigenvalue weighted by Gasteiger charge is -2.12. The molecule has 0 saturated heterocycles. The summed E-state index contributed by atoms with van der Waals surface area (Å²) in [6.07, 6.45) is 0. The van der Waals surface area contributed by atoms with E-state index in [9.17, 15) is 19.1 Å². The molecular weight excluding hydrogens is 404 g/mol. The summed E-state index contributed by atoms with van der Waals surface area (Å²) in [6.45, 7) is 0.213. The van der Waals surface area contributed by atoms with E-state index in [1.807, 2.05) is 0 Å². The summed E-state index contributed by atoms with van der Waals surface area (Å²) in [7, 11) is -1.38. The van der Waals surface area contributed by atoms with E-state index in [2.05, 4.69) is 10.3 Å². The van der Waals surface area contributed by atoms with Crippen LogP contribution in [0.2, 0.25) is 0 Å². The van der Waals surface area contributed by atoms with Crippen molar-refractivity contribution >= 4 is 24.6 Å². The molecule has 0 unspecified atom stereocenters. The smallest absolute Gasteiger partial charge is 0.384 e. The predicted molar refractivity (Wildman–Crippen MR) is 104 cm³/mol. The second-order valence-corrected chi connectivity index (χ2v) is 7.97. The fraction of sp³-hybridized carbons (Fsp3) is 0.167. The highest BCUT2D eigenvalue weighted by atomic mass is 31.2. The zero-order chi connectivity index (χ0) is 21.0. The van der Waals surface area contributed by atoms with Crippen LogP contribution in [0, 0.1) is 15.9 Å². The number of halogens is 1. The zero-order valence-corrected chi connectivity index (χ0v) is 16.4. The van der Waals surface area contributed by atoms with Gasteiger partial charge in [-0.05, 0) is 23.8 Å². The van der Waals surface area contributed by atoms with Gasteiger partial charge in [0.15, 0.2) is 0 Å². The molecule has 9 nitrogen and oxygen atoms in total. The molecule has 2 aromatic carbocycles. The van der Waals surface area contributed by atoms with Gasteiger partial charge in [0.25, 0.3) is 5.69 Å². The van der Waals surface area contributed by atoms with E-state index in [-0.39, 0.29) is 35.3 Å². The Morgan fingerprint density at radius 3 is 2.52 bits per heavy atom. The maximum atomic E-state index is 13.1. The number of oxazole rings is 1. The Labute approximate surface area is 165 Å². The van der Waals surface area contributed by atoms with Gasteiger partial charge in [-0.15, -0.1) is 0 Å². The maximum absolute atomic E-state index is 13.1. The molecule has 3 aromatic rings. The third-order valence-corrected chi connectivity index (χ3v) is 5.80. The Morgan fingerprint density at radius 2 is 1.90 bits per heavy atom. The summed E-state index contributed by atoms with van der Waals surface area (Å²) in [5.41, 5.74) is 0.792. The fourth-order valence-electron chi connectivity index (χ4n) is 2.52. The zero-order valence-electron chi connectivity index (χ0n) is 15.5. The van der Waals surface area contributed by atoms with Crippen LogP contribution in [0.1, 0.15) is 5.56 Å². The van der Waals surface area contributed by atoms with Gasteiger partial charge in [0.05, 0.1) is 4.92 Å². The molecule has 0 aliphatic rings. The second kappa shape index (κ2) is 8.52. The Hall–Kier alpha value is -3.07. The van der Waals surface area contributed by atoms with Gasteiger partial charge in [-0.2, -0.15) is 4.98 Å². The molecule has 3 rings (SSSR count). The fourth-order valence-corrected chi connectivity index (χ4v) is 3.60. The van der Waals surface area contributed by atoms with E-state index in [4.69, 9.17) is 13.5 Å². The molecule has 29 heavy (non-hydrogen) atoms. The van der Waals surface area contributed by atoms with Crippen molar-refractivity contribution in [2.45, 2.75) is 6.54 Å². The molecule has 0 atom stereocenters. The standard InChI is InChI=1S/C18H17FN3O6P/c1-26-29(25,27-2)18-17(20-11-12-6-8-14(19)9-7-12)28-16(21-18)13-4-3-5-15(10-13)22(23)24/h3-10,20H,11H2,1-2H3. The van der Waals surface area contributed by atoms with Crippen LogP contribution in [0.15, 0.2) is 52.9 Å². The van der Waals surface area contributed by atoms with Gasteiger partial charge in [-0.25, -0.2) is 4.39 Å². The lowest BCUT2D eigenvalue weighted by atomic mass is 10.2.